The molecule has 1 aromatic carbocycles. The molecule has 2 N–H and O–H groups in total. The van der Waals surface area contributed by atoms with Crippen LogP contribution < -0.4 is 5.32 Å². The van der Waals surface area contributed by atoms with Gasteiger partial charge < -0.3 is 10.4 Å². The van der Waals surface area contributed by atoms with Crippen LogP contribution in [0.5, 0.6) is 5.75 Å². The van der Waals surface area contributed by atoms with Crippen LogP contribution in [0.2, 0.25) is 0 Å². The number of carbonyl (C=O) groups is 1. The average molecular weight is 418 g/mol. The Morgan fingerprint density at radius 2 is 1.40 bits per heavy atom. The summed E-state index contributed by atoms with van der Waals surface area (Å²) in [7, 11) is 0. The molecule has 30 heavy (non-hydrogen) atoms. The standard InChI is InChI=1S/C27H47NO2/c1-9-11-12-13-14-15-16-17-18-20-22(28-23(29)10-2)19-21(26(3,4)5)25(30)24(20)27(6,7)8/h19,30H,9-18H2,1-8H3,(H,28,29). The molecule has 172 valence electrons. The maximum absolute atomic E-state index is 12.3. The Balaban J connectivity index is 3.17. The minimum atomic E-state index is -0.202. The van der Waals surface area contributed by atoms with E-state index in [1.54, 1.807) is 0 Å². The molecular formula is C27H47NO2. The molecule has 0 aliphatic rings. The lowest BCUT2D eigenvalue weighted by atomic mass is 9.75. The minimum absolute atomic E-state index is 0.0255. The van der Waals surface area contributed by atoms with Crippen LogP contribution in [0.4, 0.5) is 5.69 Å². The molecule has 0 heterocycles. The van der Waals surface area contributed by atoms with Crippen LogP contribution in [0.25, 0.3) is 0 Å². The second-order valence-corrected chi connectivity index (χ2v) is 10.8. The Morgan fingerprint density at radius 1 is 0.867 bits per heavy atom. The zero-order valence-electron chi connectivity index (χ0n) is 21.0. The lowest BCUT2D eigenvalue weighted by molar-refractivity contribution is -0.115. The summed E-state index contributed by atoms with van der Waals surface area (Å²) in [5.41, 5.74) is 3.49. The zero-order valence-corrected chi connectivity index (χ0v) is 21.0. The SMILES string of the molecule is CCCCCCCCCCc1c(NC(=O)CC)cc(C(C)(C)C)c(O)c1C(C)(C)C. The number of benzene rings is 1. The summed E-state index contributed by atoms with van der Waals surface area (Å²) in [5.74, 6) is 0.427. The van der Waals surface area contributed by atoms with E-state index in [0.29, 0.717) is 12.2 Å². The summed E-state index contributed by atoms with van der Waals surface area (Å²) in [6.45, 7) is 16.9. The summed E-state index contributed by atoms with van der Waals surface area (Å²) < 4.78 is 0. The smallest absolute Gasteiger partial charge is 0.224 e. The van der Waals surface area contributed by atoms with Crippen LogP contribution in [0, 0.1) is 0 Å². The van der Waals surface area contributed by atoms with Gasteiger partial charge in [-0.2, -0.15) is 0 Å². The predicted molar refractivity (Wildman–Crippen MR) is 131 cm³/mol. The highest BCUT2D eigenvalue weighted by atomic mass is 16.3. The molecule has 0 spiro atoms. The molecule has 3 nitrogen and oxygen atoms in total. The van der Waals surface area contributed by atoms with Gasteiger partial charge >= 0.3 is 0 Å². The monoisotopic (exact) mass is 417 g/mol. The maximum Gasteiger partial charge on any atom is 0.224 e. The number of phenols is 1. The number of carbonyl (C=O) groups excluding carboxylic acids is 1. The van der Waals surface area contributed by atoms with Crippen molar-refractivity contribution in [2.45, 2.75) is 130 Å². The second kappa shape index (κ2) is 11.8. The third kappa shape index (κ3) is 7.96. The quantitative estimate of drug-likeness (QED) is 0.283. The Kier molecular flexibility index (Phi) is 10.4. The van der Waals surface area contributed by atoms with Crippen molar-refractivity contribution in [2.75, 3.05) is 5.32 Å². The molecule has 1 amide bonds. The molecule has 0 unspecified atom stereocenters. The molecule has 0 aliphatic carbocycles. The van der Waals surface area contributed by atoms with Crippen LogP contribution in [0.3, 0.4) is 0 Å². The fraction of sp³-hybridized carbons (Fsp3) is 0.741. The van der Waals surface area contributed by atoms with Crippen molar-refractivity contribution in [3.63, 3.8) is 0 Å². The molecule has 0 aromatic heterocycles. The first-order valence-corrected chi connectivity index (χ1v) is 12.1. The van der Waals surface area contributed by atoms with Crippen LogP contribution in [0.15, 0.2) is 6.07 Å². The first-order valence-electron chi connectivity index (χ1n) is 12.1. The van der Waals surface area contributed by atoms with E-state index in [0.717, 1.165) is 35.2 Å². The van der Waals surface area contributed by atoms with Crippen LogP contribution >= 0.6 is 0 Å². The van der Waals surface area contributed by atoms with Crippen LogP contribution in [-0.4, -0.2) is 11.0 Å². The topological polar surface area (TPSA) is 49.3 Å². The van der Waals surface area contributed by atoms with Gasteiger partial charge in [-0.3, -0.25) is 4.79 Å². The molecule has 0 saturated carbocycles. The second-order valence-electron chi connectivity index (χ2n) is 10.8. The summed E-state index contributed by atoms with van der Waals surface area (Å²) in [4.78, 5) is 12.3. The van der Waals surface area contributed by atoms with Crippen molar-refractivity contribution in [1.29, 1.82) is 0 Å². The van der Waals surface area contributed by atoms with Crippen molar-refractivity contribution in [2.24, 2.45) is 0 Å². The molecule has 0 fully saturated rings. The lowest BCUT2D eigenvalue weighted by Gasteiger charge is -2.31. The Morgan fingerprint density at radius 3 is 1.87 bits per heavy atom. The molecule has 0 aliphatic heterocycles. The van der Waals surface area contributed by atoms with E-state index in [2.05, 4.69) is 53.8 Å². The van der Waals surface area contributed by atoms with Gasteiger partial charge in [-0.15, -0.1) is 0 Å². The number of amides is 1. The fourth-order valence-corrected chi connectivity index (χ4v) is 4.14. The summed E-state index contributed by atoms with van der Waals surface area (Å²) in [6.07, 6.45) is 11.5. The number of unbranched alkanes of at least 4 members (excludes halogenated alkanes) is 7. The van der Waals surface area contributed by atoms with Crippen molar-refractivity contribution < 1.29 is 9.90 Å². The molecule has 0 radical (unpaired) electrons. The van der Waals surface area contributed by atoms with E-state index in [4.69, 9.17) is 0 Å². The third-order valence-electron chi connectivity index (χ3n) is 5.84. The van der Waals surface area contributed by atoms with Crippen molar-refractivity contribution in [3.05, 3.63) is 22.8 Å². The summed E-state index contributed by atoms with van der Waals surface area (Å²) in [5, 5.41) is 14.4. The highest BCUT2D eigenvalue weighted by molar-refractivity contribution is 5.92. The normalized spacial score (nSPS) is 12.3. The molecule has 0 saturated heterocycles. The molecule has 3 heteroatoms. The largest absolute Gasteiger partial charge is 0.507 e. The van der Waals surface area contributed by atoms with Gasteiger partial charge in [0.2, 0.25) is 5.91 Å². The first-order chi connectivity index (χ1) is 13.9. The van der Waals surface area contributed by atoms with E-state index < -0.39 is 0 Å². The third-order valence-corrected chi connectivity index (χ3v) is 5.84. The van der Waals surface area contributed by atoms with Gasteiger partial charge in [0.05, 0.1) is 0 Å². The van der Waals surface area contributed by atoms with Gasteiger partial charge in [-0.05, 0) is 35.3 Å². The van der Waals surface area contributed by atoms with Gasteiger partial charge in [0.1, 0.15) is 5.75 Å². The Hall–Kier alpha value is -1.51. The van der Waals surface area contributed by atoms with E-state index >= 15 is 0 Å². The number of phenolic OH excluding ortho intramolecular Hbond substituents is 1. The van der Waals surface area contributed by atoms with Gasteiger partial charge in [-0.25, -0.2) is 0 Å². The molecule has 1 rings (SSSR count). The Bertz CT molecular complexity index is 678. The van der Waals surface area contributed by atoms with E-state index in [1.165, 1.54) is 44.9 Å². The number of rotatable bonds is 11. The van der Waals surface area contributed by atoms with Gasteiger partial charge in [0, 0.05) is 23.2 Å². The molecule has 0 bridgehead atoms. The number of nitrogens with one attached hydrogen (secondary N) is 1. The summed E-state index contributed by atoms with van der Waals surface area (Å²) >= 11 is 0. The number of anilines is 1. The van der Waals surface area contributed by atoms with Crippen molar-refractivity contribution in [3.8, 4) is 5.75 Å². The predicted octanol–water partition coefficient (Wildman–Crippen LogP) is 8.02. The summed E-state index contributed by atoms with van der Waals surface area (Å²) in [6, 6.07) is 2.01. The fourth-order valence-electron chi connectivity index (χ4n) is 4.14. The van der Waals surface area contributed by atoms with Gasteiger partial charge in [0.15, 0.2) is 0 Å². The number of aromatic hydroxyl groups is 1. The van der Waals surface area contributed by atoms with Gasteiger partial charge in [-0.1, -0.05) is 100 Å². The lowest BCUT2D eigenvalue weighted by Crippen LogP contribution is -2.22. The first kappa shape index (κ1) is 26.5. The minimum Gasteiger partial charge on any atom is -0.507 e. The highest BCUT2D eigenvalue weighted by Gasteiger charge is 2.30. The Labute approximate surface area is 186 Å². The van der Waals surface area contributed by atoms with Crippen molar-refractivity contribution in [1.82, 2.24) is 0 Å². The highest BCUT2D eigenvalue weighted by Crippen LogP contribution is 2.44. The number of hydrogen-bond acceptors (Lipinski definition) is 2. The molecular weight excluding hydrogens is 370 g/mol. The number of hydrogen-bond donors (Lipinski definition) is 2. The molecule has 1 aromatic rings. The van der Waals surface area contributed by atoms with E-state index in [-0.39, 0.29) is 16.7 Å². The zero-order chi connectivity index (χ0) is 22.9. The van der Waals surface area contributed by atoms with Crippen LogP contribution in [-0.2, 0) is 22.0 Å². The average Bonchev–Trinajstić information content (AvgIpc) is 2.63. The molecule has 0 atom stereocenters. The maximum atomic E-state index is 12.3. The van der Waals surface area contributed by atoms with Crippen molar-refractivity contribution >= 4 is 11.6 Å². The van der Waals surface area contributed by atoms with Gasteiger partial charge in [0.25, 0.3) is 0 Å². The van der Waals surface area contributed by atoms with E-state index in [1.807, 2.05) is 13.0 Å². The van der Waals surface area contributed by atoms with Crippen LogP contribution in [0.1, 0.15) is 130 Å². The van der Waals surface area contributed by atoms with E-state index in [9.17, 15) is 9.90 Å².